The topological polar surface area (TPSA) is 290 Å². The highest BCUT2D eigenvalue weighted by atomic mass is 16.6. The lowest BCUT2D eigenvalue weighted by atomic mass is 10.4. The molecule has 0 radical (unpaired) electrons. The van der Waals surface area contributed by atoms with Crippen molar-refractivity contribution >= 4 is 35.8 Å². The first-order valence-corrected chi connectivity index (χ1v) is 18.4. The second kappa shape index (κ2) is 26.3. The van der Waals surface area contributed by atoms with Gasteiger partial charge in [0.1, 0.15) is 39.6 Å². The molecule has 0 aliphatic carbocycles. The van der Waals surface area contributed by atoms with Crippen LogP contribution in [0.2, 0.25) is 0 Å². The van der Waals surface area contributed by atoms with E-state index in [2.05, 4.69) is 39.5 Å². The molecule has 2 rings (SSSR count). The minimum Gasteiger partial charge on any atom is -0.461 e. The molecule has 24 heteroatoms. The number of aromatic nitrogens is 6. The molecule has 0 N–H and O–H groups in total. The summed E-state index contributed by atoms with van der Waals surface area (Å²) < 4.78 is 33.1. The van der Waals surface area contributed by atoms with E-state index in [-0.39, 0.29) is 95.6 Å². The molecule has 0 spiro atoms. The largest absolute Gasteiger partial charge is 0.461 e. The molecule has 0 fully saturated rings. The second-order valence-corrected chi connectivity index (χ2v) is 12.5. The van der Waals surface area contributed by atoms with Crippen molar-refractivity contribution in [1.82, 2.24) is 27.4 Å². The summed E-state index contributed by atoms with van der Waals surface area (Å²) in [5, 5.41) is 0. The predicted molar refractivity (Wildman–Crippen MR) is 219 cm³/mol. The van der Waals surface area contributed by atoms with E-state index in [1.54, 1.807) is 0 Å². The van der Waals surface area contributed by atoms with E-state index >= 15 is 0 Å². The molecule has 0 saturated carbocycles. The van der Waals surface area contributed by atoms with Gasteiger partial charge in [-0.3, -0.25) is 0 Å². The van der Waals surface area contributed by atoms with Gasteiger partial charge in [0, 0.05) is 34.9 Å². The summed E-state index contributed by atoms with van der Waals surface area (Å²) in [4.78, 5) is 144. The third kappa shape index (κ3) is 16.6. The number of esters is 6. The number of hydrogen-bond acceptors (Lipinski definition) is 18. The summed E-state index contributed by atoms with van der Waals surface area (Å²) in [6, 6.07) is 0. The number of rotatable bonds is 24. The number of hydrogen-bond donors (Lipinski definition) is 0. The maximum Gasteiger partial charge on any atom is 0.336 e. The average Bonchev–Trinajstić information content (AvgIpc) is 3.24. The van der Waals surface area contributed by atoms with Crippen molar-refractivity contribution in [3.05, 3.63) is 137 Å². The van der Waals surface area contributed by atoms with Crippen LogP contribution in [0, 0.1) is 0 Å². The van der Waals surface area contributed by atoms with Crippen LogP contribution in [-0.2, 0) is 96.5 Å². The number of nitrogens with zero attached hydrogens (tertiary/aromatic N) is 6. The summed E-state index contributed by atoms with van der Waals surface area (Å²) in [5.41, 5.74) is -5.56. The number of carbonyl (C=O) groups excluding carboxylic acids is 6. The van der Waals surface area contributed by atoms with Gasteiger partial charge in [0.2, 0.25) is 0 Å². The lowest BCUT2D eigenvalue weighted by molar-refractivity contribution is -0.140. The molecule has 0 aromatic carbocycles. The van der Waals surface area contributed by atoms with Gasteiger partial charge in [0.25, 0.3) is 0 Å². The third-order valence-corrected chi connectivity index (χ3v) is 7.64. The molecule has 63 heavy (non-hydrogen) atoms. The highest BCUT2D eigenvalue weighted by molar-refractivity contribution is 5.87. The van der Waals surface area contributed by atoms with Gasteiger partial charge in [-0.05, 0) is 20.8 Å². The van der Waals surface area contributed by atoms with Crippen molar-refractivity contribution in [3.63, 3.8) is 0 Å². The molecule has 2 aromatic heterocycles. The zero-order chi connectivity index (χ0) is 48.0. The van der Waals surface area contributed by atoms with E-state index in [1.165, 1.54) is 20.8 Å². The molecule has 342 valence electrons. The fourth-order valence-electron chi connectivity index (χ4n) is 4.46. The zero-order valence-corrected chi connectivity index (χ0v) is 35.0. The van der Waals surface area contributed by atoms with Crippen LogP contribution in [0.15, 0.2) is 103 Å². The fraction of sp³-hybridized carbons (Fsp3) is 0.385. The van der Waals surface area contributed by atoms with Crippen LogP contribution < -0.4 is 34.1 Å². The Kier molecular flexibility index (Phi) is 22.2. The molecule has 24 nitrogen and oxygen atoms in total. The van der Waals surface area contributed by atoms with Crippen LogP contribution in [0.3, 0.4) is 0 Å². The molecule has 0 saturated heterocycles. The van der Waals surface area contributed by atoms with Gasteiger partial charge in [-0.25, -0.2) is 84.9 Å². The van der Waals surface area contributed by atoms with Crippen LogP contribution in [0.25, 0.3) is 0 Å². The summed E-state index contributed by atoms with van der Waals surface area (Å²) in [6.07, 6.45) is 2.72. The van der Waals surface area contributed by atoms with Gasteiger partial charge in [-0.2, -0.15) is 0 Å². The van der Waals surface area contributed by atoms with Crippen molar-refractivity contribution in [2.24, 2.45) is 0 Å². The fourth-order valence-corrected chi connectivity index (χ4v) is 4.46. The molecule has 0 atom stereocenters. The van der Waals surface area contributed by atoms with E-state index in [1.807, 2.05) is 0 Å². The van der Waals surface area contributed by atoms with Gasteiger partial charge in [0.15, 0.2) is 0 Å². The minimum atomic E-state index is -0.992. The first-order chi connectivity index (χ1) is 29.6. The Balaban J connectivity index is 0.000000633. The molecule has 0 bridgehead atoms. The summed E-state index contributed by atoms with van der Waals surface area (Å²) in [5.74, 6) is -4.42. The van der Waals surface area contributed by atoms with Crippen LogP contribution in [-0.4, -0.2) is 103 Å². The maximum absolute atomic E-state index is 12.8. The molecule has 0 aliphatic heterocycles. The monoisotopic (exact) mass is 888 g/mol. The molecular weight excluding hydrogens is 840 g/mol. The van der Waals surface area contributed by atoms with Gasteiger partial charge >= 0.3 is 70.0 Å². The predicted octanol–water partition coefficient (Wildman–Crippen LogP) is -2.11. The smallest absolute Gasteiger partial charge is 0.336 e. The summed E-state index contributed by atoms with van der Waals surface area (Å²) in [6.45, 7) is 20.1. The van der Waals surface area contributed by atoms with Gasteiger partial charge in [-0.15, -0.1) is 0 Å². The Bertz CT molecular complexity index is 2180. The maximum atomic E-state index is 12.8. The molecule has 0 aliphatic rings. The van der Waals surface area contributed by atoms with Gasteiger partial charge < -0.3 is 28.4 Å². The third-order valence-electron chi connectivity index (χ3n) is 7.64. The Morgan fingerprint density at radius 1 is 0.365 bits per heavy atom. The van der Waals surface area contributed by atoms with Crippen LogP contribution in [0.5, 0.6) is 0 Å². The zero-order valence-electron chi connectivity index (χ0n) is 35.0. The van der Waals surface area contributed by atoms with Gasteiger partial charge in [0.05, 0.1) is 39.3 Å². The first-order valence-electron chi connectivity index (χ1n) is 18.4. The SMILES string of the molecule is C=C(C)C(=O)OCCn1c(=O)n(CCOC(=O)C(=C)C)c(=O)n(CCOC(=O)C(=C)C)c1=O.C=CC(=O)OCCn1c(=O)n(CCOC(=O)C=C)c(=O)n(CCOC(=O)C=C)c1=O. The summed E-state index contributed by atoms with van der Waals surface area (Å²) in [7, 11) is 0. The Morgan fingerprint density at radius 2 is 0.524 bits per heavy atom. The quantitative estimate of drug-likeness (QED) is 0.0619. The van der Waals surface area contributed by atoms with E-state index in [0.29, 0.717) is 27.4 Å². The molecule has 2 aromatic rings. The lowest BCUT2D eigenvalue weighted by Gasteiger charge is -2.14. The molecule has 2 heterocycles. The first kappa shape index (κ1) is 53.1. The van der Waals surface area contributed by atoms with Crippen molar-refractivity contribution in [2.45, 2.75) is 60.0 Å². The van der Waals surface area contributed by atoms with E-state index in [9.17, 15) is 57.5 Å². The van der Waals surface area contributed by atoms with E-state index in [4.69, 9.17) is 28.4 Å². The van der Waals surface area contributed by atoms with E-state index in [0.717, 1.165) is 18.2 Å². The van der Waals surface area contributed by atoms with Crippen molar-refractivity contribution in [1.29, 1.82) is 0 Å². The average molecular weight is 889 g/mol. The summed E-state index contributed by atoms with van der Waals surface area (Å²) >= 11 is 0. The molecule has 0 amide bonds. The Labute approximate surface area is 357 Å². The Hall–Kier alpha value is -7.92. The van der Waals surface area contributed by atoms with Crippen LogP contribution in [0.4, 0.5) is 0 Å². The number of ether oxygens (including phenoxy) is 6. The standard InChI is InChI=1S/C21H27N3O9.C18H21N3O9/c1-13(2)16(25)31-10-7-22-19(28)23(8-11-32-17(26)14(3)4)21(30)24(20(22)29)9-12-33-18(27)15(5)6;1-4-13(22)28-10-7-19-16(25)20(8-11-29-14(23)5-2)18(27)21(17(19)26)9-12-30-15(24)6-3/h1,3,5,7-12H2,2,4,6H3;4-6H,1-3,7-12H2. The van der Waals surface area contributed by atoms with E-state index < -0.39 is 70.0 Å². The van der Waals surface area contributed by atoms with Crippen LogP contribution in [0.1, 0.15) is 20.8 Å². The lowest BCUT2D eigenvalue weighted by Crippen LogP contribution is -2.55. The number of carbonyl (C=O) groups is 6. The molecule has 0 unspecified atom stereocenters. The van der Waals surface area contributed by atoms with Crippen molar-refractivity contribution < 1.29 is 57.2 Å². The minimum absolute atomic E-state index is 0.128. The highest BCUT2D eigenvalue weighted by Crippen LogP contribution is 1.95. The normalized spacial score (nSPS) is 10.1. The van der Waals surface area contributed by atoms with Gasteiger partial charge in [-0.1, -0.05) is 39.5 Å². The highest BCUT2D eigenvalue weighted by Gasteiger charge is 2.19. The molecular formula is C39H48N6O18. The van der Waals surface area contributed by atoms with Crippen LogP contribution >= 0.6 is 0 Å². The Morgan fingerprint density at radius 3 is 0.667 bits per heavy atom. The van der Waals surface area contributed by atoms with Crippen molar-refractivity contribution in [3.8, 4) is 0 Å². The van der Waals surface area contributed by atoms with Crippen molar-refractivity contribution in [2.75, 3.05) is 39.6 Å². The second-order valence-electron chi connectivity index (χ2n) is 12.5.